The first-order chi connectivity index (χ1) is 10.1. The first-order valence-electron chi connectivity index (χ1n) is 7.84. The lowest BCUT2D eigenvalue weighted by molar-refractivity contribution is -0.126. The van der Waals surface area contributed by atoms with Crippen LogP contribution >= 0.6 is 0 Å². The Labute approximate surface area is 126 Å². The van der Waals surface area contributed by atoms with Crippen molar-refractivity contribution in [2.24, 2.45) is 11.7 Å². The maximum atomic E-state index is 12.0. The quantitative estimate of drug-likeness (QED) is 0.811. The average molecular weight is 293 g/mol. The zero-order valence-corrected chi connectivity index (χ0v) is 13.1. The number of hydrogen-bond acceptors (Lipinski definition) is 4. The largest absolute Gasteiger partial charge is 0.355 e. The van der Waals surface area contributed by atoms with Crippen LogP contribution in [0.5, 0.6) is 0 Å². The number of nitrogens with one attached hydrogen (secondary N) is 1. The van der Waals surface area contributed by atoms with Gasteiger partial charge < -0.3 is 11.1 Å². The fourth-order valence-electron chi connectivity index (χ4n) is 2.73. The zero-order valence-electron chi connectivity index (χ0n) is 13.1. The summed E-state index contributed by atoms with van der Waals surface area (Å²) in [6.45, 7) is 7.97. The zero-order chi connectivity index (χ0) is 15.2. The second-order valence-electron chi connectivity index (χ2n) is 6.03. The first-order valence-corrected chi connectivity index (χ1v) is 7.84. The van der Waals surface area contributed by atoms with Gasteiger partial charge in [0.15, 0.2) is 0 Å². The summed E-state index contributed by atoms with van der Waals surface area (Å²) in [4.78, 5) is 14.4. The number of amides is 1. The first kappa shape index (κ1) is 16.0. The topological polar surface area (TPSA) is 76.2 Å². The third kappa shape index (κ3) is 4.54. The van der Waals surface area contributed by atoms with Crippen LogP contribution in [0, 0.1) is 5.92 Å². The summed E-state index contributed by atoms with van der Waals surface area (Å²) in [5, 5.41) is 7.48. The third-order valence-electron chi connectivity index (χ3n) is 3.90. The molecule has 1 aromatic rings. The maximum absolute atomic E-state index is 12.0. The Hall–Kier alpha value is -1.40. The molecule has 1 saturated heterocycles. The fraction of sp³-hybridized carbons (Fsp3) is 0.733. The fourth-order valence-corrected chi connectivity index (χ4v) is 2.73. The highest BCUT2D eigenvalue weighted by molar-refractivity contribution is 5.78. The summed E-state index contributed by atoms with van der Waals surface area (Å²) < 4.78 is 1.98. The van der Waals surface area contributed by atoms with Crippen molar-refractivity contribution < 1.29 is 4.79 Å². The van der Waals surface area contributed by atoms with Crippen LogP contribution in [-0.2, 0) is 11.3 Å². The van der Waals surface area contributed by atoms with E-state index in [1.807, 2.05) is 10.9 Å². The van der Waals surface area contributed by atoms with E-state index in [9.17, 15) is 4.79 Å². The minimum atomic E-state index is 0.0810. The normalized spacial score (nSPS) is 19.9. The van der Waals surface area contributed by atoms with Crippen molar-refractivity contribution in [3.05, 3.63) is 18.0 Å². The van der Waals surface area contributed by atoms with E-state index in [1.165, 1.54) is 0 Å². The number of carbonyl (C=O) groups excluding carboxylic acids is 1. The molecule has 1 atom stereocenters. The number of piperidine rings is 1. The van der Waals surface area contributed by atoms with Crippen LogP contribution in [0.25, 0.3) is 0 Å². The van der Waals surface area contributed by atoms with Gasteiger partial charge in [-0.25, -0.2) is 0 Å². The molecule has 1 aliphatic rings. The highest BCUT2D eigenvalue weighted by atomic mass is 16.1. The highest BCUT2D eigenvalue weighted by Crippen LogP contribution is 2.18. The van der Waals surface area contributed by atoms with E-state index < -0.39 is 0 Å². The SMILES string of the molecule is CC(C)n1ccc(CN2CCCC(C(=O)NCCN)C2)n1. The number of likely N-dealkylation sites (tertiary alicyclic amines) is 1. The molecule has 1 amide bonds. The number of carbonyl (C=O) groups is 1. The Morgan fingerprint density at radius 2 is 2.38 bits per heavy atom. The van der Waals surface area contributed by atoms with Gasteiger partial charge in [-0.3, -0.25) is 14.4 Å². The lowest BCUT2D eigenvalue weighted by atomic mass is 9.97. The van der Waals surface area contributed by atoms with Crippen molar-refractivity contribution in [3.8, 4) is 0 Å². The smallest absolute Gasteiger partial charge is 0.224 e. The van der Waals surface area contributed by atoms with Crippen LogP contribution in [0.15, 0.2) is 12.3 Å². The van der Waals surface area contributed by atoms with E-state index in [2.05, 4.69) is 35.2 Å². The Morgan fingerprint density at radius 3 is 3.05 bits per heavy atom. The molecule has 6 heteroatoms. The lowest BCUT2D eigenvalue weighted by Gasteiger charge is -2.31. The number of nitrogens with zero attached hydrogens (tertiary/aromatic N) is 3. The molecule has 118 valence electrons. The molecule has 0 spiro atoms. The van der Waals surface area contributed by atoms with Crippen LogP contribution < -0.4 is 11.1 Å². The van der Waals surface area contributed by atoms with Crippen LogP contribution in [0.2, 0.25) is 0 Å². The standard InChI is InChI=1S/C15H27N5O/c1-12(2)20-9-5-14(18-20)11-19-8-3-4-13(10-19)15(21)17-7-6-16/h5,9,12-13H,3-4,6-8,10-11,16H2,1-2H3,(H,17,21). The van der Waals surface area contributed by atoms with Crippen LogP contribution in [0.1, 0.15) is 38.4 Å². The van der Waals surface area contributed by atoms with Crippen molar-refractivity contribution in [2.75, 3.05) is 26.2 Å². The minimum Gasteiger partial charge on any atom is -0.355 e. The van der Waals surface area contributed by atoms with Gasteiger partial charge in [0.1, 0.15) is 0 Å². The van der Waals surface area contributed by atoms with Gasteiger partial charge in [0.2, 0.25) is 5.91 Å². The summed E-state index contributed by atoms with van der Waals surface area (Å²) in [6, 6.07) is 2.45. The van der Waals surface area contributed by atoms with Gasteiger partial charge in [0.25, 0.3) is 0 Å². The van der Waals surface area contributed by atoms with Gasteiger partial charge in [0.05, 0.1) is 11.6 Å². The monoisotopic (exact) mass is 293 g/mol. The van der Waals surface area contributed by atoms with Crippen molar-refractivity contribution in [1.29, 1.82) is 0 Å². The molecule has 6 nitrogen and oxygen atoms in total. The number of nitrogens with two attached hydrogens (primary N) is 1. The molecular formula is C15H27N5O. The molecule has 1 aromatic heterocycles. The van der Waals surface area contributed by atoms with Crippen LogP contribution in [0.4, 0.5) is 0 Å². The molecule has 1 aliphatic heterocycles. The molecule has 2 heterocycles. The van der Waals surface area contributed by atoms with Crippen molar-refractivity contribution in [2.45, 2.75) is 39.3 Å². The summed E-state index contributed by atoms with van der Waals surface area (Å²) >= 11 is 0. The molecule has 0 bridgehead atoms. The van der Waals surface area contributed by atoms with E-state index >= 15 is 0 Å². The predicted octanol–water partition coefficient (Wildman–Crippen LogP) is 0.751. The molecule has 2 rings (SSSR count). The van der Waals surface area contributed by atoms with Crippen LogP contribution in [-0.4, -0.2) is 46.8 Å². The summed E-state index contributed by atoms with van der Waals surface area (Å²) in [5.41, 5.74) is 6.50. The molecule has 0 saturated carbocycles. The van der Waals surface area contributed by atoms with Gasteiger partial charge in [-0.15, -0.1) is 0 Å². The Balaban J connectivity index is 1.87. The number of aromatic nitrogens is 2. The Bertz CT molecular complexity index is 457. The average Bonchev–Trinajstić information content (AvgIpc) is 2.94. The predicted molar refractivity (Wildman–Crippen MR) is 82.7 cm³/mol. The van der Waals surface area contributed by atoms with E-state index in [-0.39, 0.29) is 11.8 Å². The summed E-state index contributed by atoms with van der Waals surface area (Å²) in [5.74, 6) is 0.218. The van der Waals surface area contributed by atoms with Crippen molar-refractivity contribution in [1.82, 2.24) is 20.0 Å². The Morgan fingerprint density at radius 1 is 1.57 bits per heavy atom. The summed E-state index contributed by atoms with van der Waals surface area (Å²) in [7, 11) is 0. The van der Waals surface area contributed by atoms with Gasteiger partial charge in [-0.05, 0) is 39.3 Å². The molecule has 0 aromatic carbocycles. The van der Waals surface area contributed by atoms with E-state index in [1.54, 1.807) is 0 Å². The highest BCUT2D eigenvalue weighted by Gasteiger charge is 2.25. The van der Waals surface area contributed by atoms with Crippen LogP contribution in [0.3, 0.4) is 0 Å². The molecule has 1 fully saturated rings. The lowest BCUT2D eigenvalue weighted by Crippen LogP contribution is -2.43. The molecule has 3 N–H and O–H groups in total. The van der Waals surface area contributed by atoms with E-state index in [4.69, 9.17) is 5.73 Å². The number of rotatable bonds is 6. The van der Waals surface area contributed by atoms with Gasteiger partial charge in [-0.1, -0.05) is 0 Å². The molecular weight excluding hydrogens is 266 g/mol. The van der Waals surface area contributed by atoms with Gasteiger partial charge >= 0.3 is 0 Å². The molecule has 21 heavy (non-hydrogen) atoms. The van der Waals surface area contributed by atoms with Gasteiger partial charge in [-0.2, -0.15) is 5.10 Å². The second-order valence-corrected chi connectivity index (χ2v) is 6.03. The minimum absolute atomic E-state index is 0.0810. The molecule has 0 radical (unpaired) electrons. The number of hydrogen-bond donors (Lipinski definition) is 2. The maximum Gasteiger partial charge on any atom is 0.224 e. The Kier molecular flexibility index (Phi) is 5.76. The van der Waals surface area contributed by atoms with Crippen molar-refractivity contribution in [3.63, 3.8) is 0 Å². The van der Waals surface area contributed by atoms with Crippen molar-refractivity contribution >= 4 is 5.91 Å². The van der Waals surface area contributed by atoms with E-state index in [0.29, 0.717) is 19.1 Å². The molecule has 0 aliphatic carbocycles. The summed E-state index contributed by atoms with van der Waals surface area (Å²) in [6.07, 6.45) is 4.05. The molecule has 1 unspecified atom stereocenters. The third-order valence-corrected chi connectivity index (χ3v) is 3.90. The van der Waals surface area contributed by atoms with Gasteiger partial charge in [0, 0.05) is 38.4 Å². The van der Waals surface area contributed by atoms with E-state index in [0.717, 1.165) is 38.2 Å². The second kappa shape index (κ2) is 7.56.